The summed E-state index contributed by atoms with van der Waals surface area (Å²) in [6, 6.07) is 5.59. The number of methoxy groups -OCH3 is 2. The number of carbonyl (C=O) groups excluding carboxylic acids is 1. The van der Waals surface area contributed by atoms with Gasteiger partial charge in [0.2, 0.25) is 12.5 Å². The van der Waals surface area contributed by atoms with Gasteiger partial charge >= 0.3 is 13.8 Å². The zero-order valence-electron chi connectivity index (χ0n) is 27.0. The molecule has 48 heavy (non-hydrogen) atoms. The number of carbonyl (C=O) groups is 1. The molecule has 4 heterocycles. The van der Waals surface area contributed by atoms with Crippen LogP contribution in [-0.2, 0) is 33.0 Å². The van der Waals surface area contributed by atoms with Crippen LogP contribution >= 0.6 is 7.82 Å². The Morgan fingerprint density at radius 3 is 2.21 bits per heavy atom. The Bertz CT molecular complexity index is 1540. The van der Waals surface area contributed by atoms with Crippen LogP contribution in [-0.4, -0.2) is 92.0 Å². The minimum atomic E-state index is -4.99. The van der Waals surface area contributed by atoms with Crippen molar-refractivity contribution in [3.63, 3.8) is 0 Å². The number of ether oxygens (including phenoxy) is 9. The van der Waals surface area contributed by atoms with E-state index in [1.165, 1.54) is 26.4 Å². The lowest BCUT2D eigenvalue weighted by molar-refractivity contribution is -0.343. The number of hydrogen-bond donors (Lipinski definition) is 4. The van der Waals surface area contributed by atoms with Crippen LogP contribution in [0.1, 0.15) is 49.5 Å². The molecule has 3 saturated heterocycles. The Labute approximate surface area is 276 Å². The zero-order chi connectivity index (χ0) is 34.5. The van der Waals surface area contributed by atoms with Crippen molar-refractivity contribution in [1.82, 2.24) is 0 Å². The van der Waals surface area contributed by atoms with E-state index >= 15 is 0 Å². The van der Waals surface area contributed by atoms with Gasteiger partial charge in [-0.3, -0.25) is 14.6 Å². The quantitative estimate of drug-likeness (QED) is 0.241. The zero-order valence-corrected chi connectivity index (χ0v) is 27.9. The van der Waals surface area contributed by atoms with Gasteiger partial charge in [-0.2, -0.15) is 0 Å². The van der Waals surface area contributed by atoms with Crippen molar-refractivity contribution in [2.45, 2.75) is 69.7 Å². The molecule has 9 unspecified atom stereocenters. The van der Waals surface area contributed by atoms with Crippen molar-refractivity contribution in [3.8, 4) is 28.7 Å². The van der Waals surface area contributed by atoms with Crippen molar-refractivity contribution in [1.29, 1.82) is 0 Å². The summed E-state index contributed by atoms with van der Waals surface area (Å²) in [6.07, 6.45) is -4.90. The predicted molar refractivity (Wildman–Crippen MR) is 163 cm³/mol. The molecule has 0 radical (unpaired) electrons. The molecule has 17 heteroatoms. The molecule has 7 rings (SSSR count). The maximum atomic E-state index is 13.5. The number of aliphatic hydroxyl groups is 1. The Kier molecular flexibility index (Phi) is 9.84. The van der Waals surface area contributed by atoms with Gasteiger partial charge in [0.25, 0.3) is 0 Å². The van der Waals surface area contributed by atoms with Crippen molar-refractivity contribution >= 4 is 13.8 Å². The van der Waals surface area contributed by atoms with Gasteiger partial charge in [-0.25, -0.2) is 4.57 Å². The molecule has 5 N–H and O–H groups in total. The third kappa shape index (κ3) is 6.21. The summed E-state index contributed by atoms with van der Waals surface area (Å²) in [5.74, 6) is -1.99. The molecule has 2 aromatic carbocycles. The van der Waals surface area contributed by atoms with E-state index in [0.29, 0.717) is 28.2 Å². The highest BCUT2D eigenvalue weighted by Gasteiger charge is 2.56. The largest absolute Gasteiger partial charge is 0.525 e. The lowest BCUT2D eigenvalue weighted by Crippen LogP contribution is -2.65. The normalized spacial score (nSPS) is 33.3. The highest BCUT2D eigenvalue weighted by molar-refractivity contribution is 7.46. The fraction of sp³-hybridized carbons (Fsp3) is 0.581. The molecule has 0 bridgehead atoms. The molecule has 0 spiro atoms. The van der Waals surface area contributed by atoms with Crippen molar-refractivity contribution < 1.29 is 71.4 Å². The van der Waals surface area contributed by atoms with Crippen molar-refractivity contribution in [2.75, 3.05) is 34.2 Å². The van der Waals surface area contributed by atoms with E-state index in [4.69, 9.17) is 52.9 Å². The first-order valence-electron chi connectivity index (χ1n) is 15.6. The number of aliphatic hydroxyl groups excluding tert-OH is 1. The van der Waals surface area contributed by atoms with Crippen molar-refractivity contribution in [2.24, 2.45) is 17.6 Å². The molecule has 5 aliphatic rings. The summed E-state index contributed by atoms with van der Waals surface area (Å²) < 4.78 is 68.6. The molecular weight excluding hydrogens is 657 g/mol. The van der Waals surface area contributed by atoms with Gasteiger partial charge in [0.15, 0.2) is 35.6 Å². The van der Waals surface area contributed by atoms with Crippen LogP contribution in [0.25, 0.3) is 0 Å². The smallest absolute Gasteiger partial charge is 0.493 e. The molecule has 0 amide bonds. The molecule has 10 atom stereocenters. The molecule has 3 fully saturated rings. The third-order valence-electron chi connectivity index (χ3n) is 9.02. The number of rotatable bonds is 7. The average molecular weight is 698 g/mol. The SMILES string of the molecule is CC.COc1cc(C2c3cc4c(cc3C(OC3OC5COC(C)OC5C(O)C3N)C3COC(=O)[C@H]23)OCO4)cc(OC)c1OP(=O)(O)O. The lowest BCUT2D eigenvalue weighted by atomic mass is 9.66. The number of phosphoric acid groups is 1. The van der Waals surface area contributed by atoms with Gasteiger partial charge < -0.3 is 58.0 Å². The van der Waals surface area contributed by atoms with Gasteiger partial charge in [-0.1, -0.05) is 13.8 Å². The summed E-state index contributed by atoms with van der Waals surface area (Å²) >= 11 is 0. The van der Waals surface area contributed by atoms with Crippen LogP contribution in [0.5, 0.6) is 28.7 Å². The van der Waals surface area contributed by atoms with Crippen LogP contribution in [0, 0.1) is 11.8 Å². The second-order valence-corrected chi connectivity index (χ2v) is 12.8. The monoisotopic (exact) mass is 697 g/mol. The highest BCUT2D eigenvalue weighted by atomic mass is 31.2. The number of fused-ring (bicyclic) bond motifs is 4. The van der Waals surface area contributed by atoms with Crippen LogP contribution in [0.15, 0.2) is 24.3 Å². The lowest BCUT2D eigenvalue weighted by Gasteiger charge is -2.48. The predicted octanol–water partition coefficient (Wildman–Crippen LogP) is 2.10. The number of hydrogen-bond acceptors (Lipinski definition) is 14. The maximum absolute atomic E-state index is 13.5. The van der Waals surface area contributed by atoms with Crippen LogP contribution in [0.3, 0.4) is 0 Å². The number of nitrogens with two attached hydrogens (primary N) is 1. The third-order valence-corrected chi connectivity index (χ3v) is 9.44. The molecule has 4 aliphatic heterocycles. The van der Waals surface area contributed by atoms with Gasteiger partial charge in [0, 0.05) is 11.8 Å². The van der Waals surface area contributed by atoms with Crippen LogP contribution in [0.4, 0.5) is 0 Å². The standard InChI is InChI=1S/C29H34NO15P.C2H6/c1-11-38-9-20-27(42-11)24(31)23(30)29(43-20)44-25-14-7-17-16(40-10-41-17)6-13(14)21(22-15(25)8-39-28(22)32)12-4-18(36-2)26(19(5-12)37-3)45-46(33,34)35;1-2/h4-7,11,15,20-25,27,29,31H,8-10,30H2,1-3H3,(H2,33,34,35);1-2H3/t11?,15?,20?,21?,22-,23?,24?,25?,27?,29?;/m0./s1. The van der Waals surface area contributed by atoms with Gasteiger partial charge in [-0.05, 0) is 47.9 Å². The van der Waals surface area contributed by atoms with E-state index in [2.05, 4.69) is 0 Å². The average Bonchev–Trinajstić information content (AvgIpc) is 3.69. The summed E-state index contributed by atoms with van der Waals surface area (Å²) in [7, 11) is -2.37. The summed E-state index contributed by atoms with van der Waals surface area (Å²) in [5.41, 5.74) is 8.22. The van der Waals surface area contributed by atoms with E-state index < -0.39 is 74.6 Å². The van der Waals surface area contributed by atoms with Gasteiger partial charge in [-0.15, -0.1) is 0 Å². The number of esters is 1. The molecule has 1 aliphatic carbocycles. The molecular formula is C31H40NO15P. The number of cyclic esters (lactones) is 1. The van der Waals surface area contributed by atoms with E-state index in [1.807, 2.05) is 13.8 Å². The first-order valence-corrected chi connectivity index (χ1v) is 17.1. The summed E-state index contributed by atoms with van der Waals surface area (Å²) in [5, 5.41) is 11.1. The number of phosphoric ester groups is 1. The van der Waals surface area contributed by atoms with E-state index in [1.54, 1.807) is 19.1 Å². The molecule has 264 valence electrons. The molecule has 0 aromatic heterocycles. The second-order valence-electron chi connectivity index (χ2n) is 11.6. The topological polar surface area (TPSA) is 213 Å². The first kappa shape index (κ1) is 34.7. The Balaban J connectivity index is 0.00000197. The Hall–Kier alpha value is -3.18. The maximum Gasteiger partial charge on any atom is 0.525 e. The minimum absolute atomic E-state index is 0.00647. The van der Waals surface area contributed by atoms with E-state index in [0.717, 1.165) is 0 Å². The molecule has 16 nitrogen and oxygen atoms in total. The highest BCUT2D eigenvalue weighted by Crippen LogP contribution is 2.57. The van der Waals surface area contributed by atoms with Crippen LogP contribution < -0.4 is 29.2 Å². The van der Waals surface area contributed by atoms with Crippen LogP contribution in [0.2, 0.25) is 0 Å². The minimum Gasteiger partial charge on any atom is -0.493 e. The Morgan fingerprint density at radius 2 is 1.58 bits per heavy atom. The molecule has 0 saturated carbocycles. The summed E-state index contributed by atoms with van der Waals surface area (Å²) in [6.45, 7) is 5.88. The Morgan fingerprint density at radius 1 is 0.938 bits per heavy atom. The van der Waals surface area contributed by atoms with E-state index in [9.17, 15) is 24.3 Å². The summed E-state index contributed by atoms with van der Waals surface area (Å²) in [4.78, 5) is 32.5. The fourth-order valence-corrected chi connectivity index (χ4v) is 7.39. The molecule has 2 aromatic rings. The van der Waals surface area contributed by atoms with Gasteiger partial charge in [0.1, 0.15) is 18.3 Å². The van der Waals surface area contributed by atoms with E-state index in [-0.39, 0.29) is 37.3 Å². The second kappa shape index (κ2) is 13.6. The van der Waals surface area contributed by atoms with Crippen molar-refractivity contribution in [3.05, 3.63) is 41.0 Å². The van der Waals surface area contributed by atoms with Gasteiger partial charge in [0.05, 0.1) is 45.5 Å². The number of benzene rings is 2. The fourth-order valence-electron chi connectivity index (χ4n) is 6.98. The first-order chi connectivity index (χ1) is 23.0.